The lowest BCUT2D eigenvalue weighted by molar-refractivity contribution is 0.719. The van der Waals surface area contributed by atoms with E-state index < -0.39 is 0 Å². The highest BCUT2D eigenvalue weighted by molar-refractivity contribution is 5.31. The van der Waals surface area contributed by atoms with Gasteiger partial charge in [-0.3, -0.25) is 0 Å². The summed E-state index contributed by atoms with van der Waals surface area (Å²) < 4.78 is 1.68. The third-order valence-corrected chi connectivity index (χ3v) is 1.42. The highest BCUT2D eigenvalue weighted by atomic mass is 15.4. The summed E-state index contributed by atoms with van der Waals surface area (Å²) in [5.74, 6) is 0.900. The Morgan fingerprint density at radius 3 is 3.08 bits per heavy atom. The monoisotopic (exact) mass is 167 g/mol. The number of rotatable bonds is 4. The fourth-order valence-corrected chi connectivity index (χ4v) is 0.793. The van der Waals surface area contributed by atoms with Gasteiger partial charge in [-0.2, -0.15) is 0 Å². The Balaban J connectivity index is 2.33. The molecule has 0 bridgehead atoms. The second-order valence-electron chi connectivity index (χ2n) is 2.33. The van der Waals surface area contributed by atoms with Crippen LogP contribution < -0.4 is 11.1 Å². The van der Waals surface area contributed by atoms with Gasteiger partial charge in [-0.1, -0.05) is 17.4 Å². The first kappa shape index (κ1) is 8.73. The van der Waals surface area contributed by atoms with Gasteiger partial charge in [0.15, 0.2) is 0 Å². The Bertz CT molecular complexity index is 252. The van der Waals surface area contributed by atoms with E-state index in [0.717, 1.165) is 12.4 Å². The lowest BCUT2D eigenvalue weighted by Crippen LogP contribution is -2.04. The Labute approximate surface area is 71.3 Å². The summed E-state index contributed by atoms with van der Waals surface area (Å²) in [4.78, 5) is 0. The van der Waals surface area contributed by atoms with E-state index in [0.29, 0.717) is 6.54 Å². The molecule has 0 amide bonds. The summed E-state index contributed by atoms with van der Waals surface area (Å²) >= 11 is 0. The van der Waals surface area contributed by atoms with Crippen LogP contribution in [0.15, 0.2) is 18.3 Å². The molecular weight excluding hydrogens is 154 g/mol. The molecule has 0 radical (unpaired) electrons. The number of aromatic nitrogens is 3. The molecule has 1 heterocycles. The molecule has 1 rings (SSSR count). The molecule has 0 aliphatic heterocycles. The summed E-state index contributed by atoms with van der Waals surface area (Å²) in [5, 5.41) is 10.6. The molecule has 0 unspecified atom stereocenters. The van der Waals surface area contributed by atoms with Crippen LogP contribution in [0.1, 0.15) is 0 Å². The van der Waals surface area contributed by atoms with Gasteiger partial charge in [0, 0.05) is 20.1 Å². The van der Waals surface area contributed by atoms with Crippen LogP contribution in [0.5, 0.6) is 0 Å². The maximum absolute atomic E-state index is 5.27. The van der Waals surface area contributed by atoms with E-state index in [1.807, 2.05) is 19.2 Å². The minimum absolute atomic E-state index is 0.575. The van der Waals surface area contributed by atoms with Gasteiger partial charge >= 0.3 is 0 Å². The topological polar surface area (TPSA) is 68.8 Å². The zero-order valence-corrected chi connectivity index (χ0v) is 7.07. The van der Waals surface area contributed by atoms with E-state index >= 15 is 0 Å². The molecule has 5 nitrogen and oxygen atoms in total. The molecule has 0 atom stereocenters. The molecule has 0 fully saturated rings. The van der Waals surface area contributed by atoms with Crippen LogP contribution in [0.3, 0.4) is 0 Å². The Hall–Kier alpha value is -1.36. The van der Waals surface area contributed by atoms with E-state index in [4.69, 9.17) is 5.73 Å². The molecule has 0 saturated carbocycles. The molecule has 12 heavy (non-hydrogen) atoms. The summed E-state index contributed by atoms with van der Waals surface area (Å²) in [6.07, 6.45) is 5.54. The van der Waals surface area contributed by atoms with Crippen LogP contribution in [0.2, 0.25) is 0 Å². The van der Waals surface area contributed by atoms with Crippen molar-refractivity contribution in [3.05, 3.63) is 18.3 Å². The van der Waals surface area contributed by atoms with Crippen LogP contribution in [0.4, 0.5) is 5.82 Å². The van der Waals surface area contributed by atoms with Crippen molar-refractivity contribution in [1.29, 1.82) is 0 Å². The molecule has 0 spiro atoms. The van der Waals surface area contributed by atoms with E-state index in [1.165, 1.54) is 0 Å². The van der Waals surface area contributed by atoms with Gasteiger partial charge in [-0.05, 0) is 0 Å². The normalized spacial score (nSPS) is 10.8. The highest BCUT2D eigenvalue weighted by Gasteiger charge is 1.94. The van der Waals surface area contributed by atoms with E-state index in [9.17, 15) is 0 Å². The number of nitrogens with zero attached hydrogens (tertiary/aromatic N) is 3. The van der Waals surface area contributed by atoms with Crippen LogP contribution >= 0.6 is 0 Å². The van der Waals surface area contributed by atoms with Crippen LogP contribution in [-0.2, 0) is 7.05 Å². The second kappa shape index (κ2) is 4.50. The first-order chi connectivity index (χ1) is 5.84. The van der Waals surface area contributed by atoms with Crippen molar-refractivity contribution in [1.82, 2.24) is 15.0 Å². The molecule has 0 aromatic carbocycles. The number of anilines is 1. The van der Waals surface area contributed by atoms with Crippen molar-refractivity contribution in [2.45, 2.75) is 0 Å². The second-order valence-corrected chi connectivity index (χ2v) is 2.33. The van der Waals surface area contributed by atoms with Crippen molar-refractivity contribution >= 4 is 5.82 Å². The van der Waals surface area contributed by atoms with Crippen LogP contribution in [0.25, 0.3) is 0 Å². The molecule has 1 aromatic rings. The largest absolute Gasteiger partial charge is 0.365 e. The number of nitrogens with one attached hydrogen (secondary N) is 1. The lowest BCUT2D eigenvalue weighted by Gasteiger charge is -2.00. The SMILES string of the molecule is Cn1nncc1NC/C=C/CN. The standard InChI is InChI=1S/C7H13N5/c1-12-7(6-10-11-12)9-5-3-2-4-8/h2-3,6,9H,4-5,8H2,1H3/b3-2+. The summed E-state index contributed by atoms with van der Waals surface area (Å²) in [7, 11) is 1.84. The average Bonchev–Trinajstić information content (AvgIpc) is 2.46. The quantitative estimate of drug-likeness (QED) is 0.606. The molecule has 66 valence electrons. The van der Waals surface area contributed by atoms with Gasteiger partial charge < -0.3 is 11.1 Å². The Morgan fingerprint density at radius 1 is 1.67 bits per heavy atom. The first-order valence-corrected chi connectivity index (χ1v) is 3.78. The molecule has 3 N–H and O–H groups in total. The fourth-order valence-electron chi connectivity index (χ4n) is 0.793. The third-order valence-electron chi connectivity index (χ3n) is 1.42. The number of hydrogen-bond donors (Lipinski definition) is 2. The lowest BCUT2D eigenvalue weighted by atomic mass is 10.5. The third kappa shape index (κ3) is 2.35. The molecule has 0 aliphatic rings. The summed E-state index contributed by atoms with van der Waals surface area (Å²) in [6, 6.07) is 0. The van der Waals surface area contributed by atoms with Crippen LogP contribution in [0, 0.1) is 0 Å². The Kier molecular flexibility index (Phi) is 3.28. The Morgan fingerprint density at radius 2 is 2.50 bits per heavy atom. The summed E-state index contributed by atoms with van der Waals surface area (Å²) in [5.41, 5.74) is 5.27. The fraction of sp³-hybridized carbons (Fsp3) is 0.429. The maximum atomic E-state index is 5.27. The molecule has 5 heteroatoms. The number of aryl methyl sites for hydroxylation is 1. The average molecular weight is 167 g/mol. The predicted molar refractivity (Wildman–Crippen MR) is 47.7 cm³/mol. The molecule has 1 aromatic heterocycles. The minimum Gasteiger partial charge on any atom is -0.365 e. The molecule has 0 aliphatic carbocycles. The van der Waals surface area contributed by atoms with Gasteiger partial charge in [-0.25, -0.2) is 4.68 Å². The van der Waals surface area contributed by atoms with Crippen molar-refractivity contribution in [3.8, 4) is 0 Å². The van der Waals surface area contributed by atoms with E-state index in [-0.39, 0.29) is 0 Å². The van der Waals surface area contributed by atoms with Crippen molar-refractivity contribution in [2.24, 2.45) is 12.8 Å². The minimum atomic E-state index is 0.575. The van der Waals surface area contributed by atoms with Gasteiger partial charge in [0.1, 0.15) is 5.82 Å². The number of nitrogens with two attached hydrogens (primary N) is 1. The van der Waals surface area contributed by atoms with E-state index in [1.54, 1.807) is 10.9 Å². The summed E-state index contributed by atoms with van der Waals surface area (Å²) in [6.45, 7) is 1.32. The van der Waals surface area contributed by atoms with E-state index in [2.05, 4.69) is 15.6 Å². The maximum Gasteiger partial charge on any atom is 0.144 e. The molecule has 0 saturated heterocycles. The van der Waals surface area contributed by atoms with Crippen molar-refractivity contribution in [3.63, 3.8) is 0 Å². The molecular formula is C7H13N5. The number of hydrogen-bond acceptors (Lipinski definition) is 4. The highest BCUT2D eigenvalue weighted by Crippen LogP contribution is 1.98. The van der Waals surface area contributed by atoms with Gasteiger partial charge in [0.25, 0.3) is 0 Å². The smallest absolute Gasteiger partial charge is 0.144 e. The van der Waals surface area contributed by atoms with Gasteiger partial charge in [0.2, 0.25) is 0 Å². The van der Waals surface area contributed by atoms with Gasteiger partial charge in [0.05, 0.1) is 6.20 Å². The van der Waals surface area contributed by atoms with Crippen LogP contribution in [-0.4, -0.2) is 28.1 Å². The van der Waals surface area contributed by atoms with Crippen molar-refractivity contribution in [2.75, 3.05) is 18.4 Å². The predicted octanol–water partition coefficient (Wildman–Crippen LogP) is -0.258. The van der Waals surface area contributed by atoms with Crippen molar-refractivity contribution < 1.29 is 0 Å². The van der Waals surface area contributed by atoms with Gasteiger partial charge in [-0.15, -0.1) is 5.10 Å². The zero-order valence-electron chi connectivity index (χ0n) is 7.07. The first-order valence-electron chi connectivity index (χ1n) is 3.78. The zero-order chi connectivity index (χ0) is 8.81.